The van der Waals surface area contributed by atoms with Gasteiger partial charge in [0.15, 0.2) is 0 Å². The fraction of sp³-hybridized carbons (Fsp3) is 0.421. The van der Waals surface area contributed by atoms with Crippen molar-refractivity contribution in [1.29, 1.82) is 0 Å². The van der Waals surface area contributed by atoms with Crippen LogP contribution >= 0.6 is 11.3 Å². The highest BCUT2D eigenvalue weighted by Gasteiger charge is 2.27. The molecule has 1 aliphatic heterocycles. The van der Waals surface area contributed by atoms with Crippen LogP contribution in [0.15, 0.2) is 34.5 Å². The number of piperidine rings is 1. The van der Waals surface area contributed by atoms with Crippen molar-refractivity contribution in [3.05, 3.63) is 52.4 Å². The molecular weight excluding hydrogens is 420 g/mol. The van der Waals surface area contributed by atoms with Crippen LogP contribution in [0.25, 0.3) is 0 Å². The van der Waals surface area contributed by atoms with E-state index in [-0.39, 0.29) is 34.8 Å². The van der Waals surface area contributed by atoms with Crippen molar-refractivity contribution in [2.24, 2.45) is 0 Å². The average Bonchev–Trinajstić information content (AvgIpc) is 3.13. The number of nitrogens with one attached hydrogen (secondary N) is 2. The summed E-state index contributed by atoms with van der Waals surface area (Å²) in [6.07, 6.45) is 1.38. The van der Waals surface area contributed by atoms with Gasteiger partial charge in [-0.2, -0.15) is 0 Å². The zero-order chi connectivity index (χ0) is 21.0. The predicted molar refractivity (Wildman–Crippen MR) is 107 cm³/mol. The second kappa shape index (κ2) is 9.29. The summed E-state index contributed by atoms with van der Waals surface area (Å²) in [4.78, 5) is 13.6. The SMILES string of the molecule is CC(=O)NCc1ccc(S(=O)(=O)NC2CCCN(Cc3c(F)cccc3F)C2)s1. The molecule has 1 aromatic heterocycles. The van der Waals surface area contributed by atoms with E-state index in [0.717, 1.165) is 22.6 Å². The fourth-order valence-corrected chi connectivity index (χ4v) is 5.86. The van der Waals surface area contributed by atoms with Gasteiger partial charge in [-0.15, -0.1) is 11.3 Å². The van der Waals surface area contributed by atoms with Crippen molar-refractivity contribution in [1.82, 2.24) is 14.9 Å². The number of nitrogens with zero attached hydrogens (tertiary/aromatic N) is 1. The molecule has 1 aromatic carbocycles. The predicted octanol–water partition coefficient (Wildman–Crippen LogP) is 2.61. The molecule has 0 aliphatic carbocycles. The molecule has 3 rings (SSSR count). The monoisotopic (exact) mass is 443 g/mol. The van der Waals surface area contributed by atoms with Crippen LogP contribution in [0.3, 0.4) is 0 Å². The Morgan fingerprint density at radius 3 is 2.66 bits per heavy atom. The maximum absolute atomic E-state index is 13.9. The third-order valence-electron chi connectivity index (χ3n) is 4.68. The summed E-state index contributed by atoms with van der Waals surface area (Å²) in [7, 11) is -3.71. The van der Waals surface area contributed by atoms with E-state index in [2.05, 4.69) is 10.0 Å². The first-order valence-electron chi connectivity index (χ1n) is 9.25. The van der Waals surface area contributed by atoms with Gasteiger partial charge >= 0.3 is 0 Å². The number of carbonyl (C=O) groups is 1. The molecule has 1 unspecified atom stereocenters. The number of hydrogen-bond acceptors (Lipinski definition) is 5. The molecule has 0 spiro atoms. The van der Waals surface area contributed by atoms with Gasteiger partial charge in [-0.05, 0) is 43.7 Å². The molecule has 0 saturated carbocycles. The van der Waals surface area contributed by atoms with E-state index in [1.807, 2.05) is 4.90 Å². The van der Waals surface area contributed by atoms with Crippen LogP contribution in [-0.2, 0) is 27.9 Å². The molecule has 2 heterocycles. The van der Waals surface area contributed by atoms with Crippen LogP contribution in [0.1, 0.15) is 30.2 Å². The normalized spacial score (nSPS) is 18.0. The second-order valence-electron chi connectivity index (χ2n) is 7.03. The van der Waals surface area contributed by atoms with Crippen LogP contribution in [0, 0.1) is 11.6 Å². The molecule has 29 heavy (non-hydrogen) atoms. The molecule has 1 atom stereocenters. The summed E-state index contributed by atoms with van der Waals surface area (Å²) in [5.74, 6) is -1.38. The lowest BCUT2D eigenvalue weighted by atomic mass is 10.1. The van der Waals surface area contributed by atoms with E-state index in [1.54, 1.807) is 6.07 Å². The Morgan fingerprint density at radius 1 is 1.24 bits per heavy atom. The number of thiophene rings is 1. The van der Waals surface area contributed by atoms with E-state index in [4.69, 9.17) is 0 Å². The number of carbonyl (C=O) groups excluding carboxylic acids is 1. The standard InChI is InChI=1S/C19H23F2N3O3S2/c1-13(25)22-10-15-7-8-19(28-15)29(26,27)23-14-4-3-9-24(11-14)12-16-17(20)5-2-6-18(16)21/h2,5-8,14,23H,3-4,9-12H2,1H3,(H,22,25). The van der Waals surface area contributed by atoms with E-state index in [0.29, 0.717) is 19.5 Å². The summed E-state index contributed by atoms with van der Waals surface area (Å²) in [6, 6.07) is 6.60. The molecule has 1 amide bonds. The average molecular weight is 444 g/mol. The first-order chi connectivity index (χ1) is 13.7. The van der Waals surface area contributed by atoms with Crippen LogP contribution in [-0.4, -0.2) is 38.4 Å². The molecule has 0 radical (unpaired) electrons. The van der Waals surface area contributed by atoms with E-state index < -0.39 is 21.7 Å². The van der Waals surface area contributed by atoms with Gasteiger partial charge in [0.25, 0.3) is 0 Å². The Labute approximate surface area is 173 Å². The second-order valence-corrected chi connectivity index (χ2v) is 10.1. The Balaban J connectivity index is 1.63. The molecule has 1 aliphatic rings. The van der Waals surface area contributed by atoms with Crippen LogP contribution in [0.4, 0.5) is 8.78 Å². The molecule has 1 fully saturated rings. The van der Waals surface area contributed by atoms with E-state index in [9.17, 15) is 22.0 Å². The molecule has 1 saturated heterocycles. The zero-order valence-corrected chi connectivity index (χ0v) is 17.6. The summed E-state index contributed by atoms with van der Waals surface area (Å²) in [6.45, 7) is 2.79. The number of sulfonamides is 1. The van der Waals surface area contributed by atoms with Crippen LogP contribution < -0.4 is 10.0 Å². The highest BCUT2D eigenvalue weighted by atomic mass is 32.2. The topological polar surface area (TPSA) is 78.5 Å². The van der Waals surface area contributed by atoms with Gasteiger partial charge in [0, 0.05) is 36.5 Å². The van der Waals surface area contributed by atoms with Gasteiger partial charge in [0.2, 0.25) is 15.9 Å². The van der Waals surface area contributed by atoms with E-state index >= 15 is 0 Å². The third kappa shape index (κ3) is 5.81. The Kier molecular flexibility index (Phi) is 6.99. The summed E-state index contributed by atoms with van der Waals surface area (Å²) in [5, 5.41) is 2.63. The molecular formula is C19H23F2N3O3S2. The number of halogens is 2. The van der Waals surface area contributed by atoms with Gasteiger partial charge < -0.3 is 5.32 Å². The van der Waals surface area contributed by atoms with Crippen molar-refractivity contribution < 1.29 is 22.0 Å². The van der Waals surface area contributed by atoms with Gasteiger partial charge in [-0.25, -0.2) is 21.9 Å². The van der Waals surface area contributed by atoms with Crippen LogP contribution in [0.2, 0.25) is 0 Å². The van der Waals surface area contributed by atoms with Crippen molar-refractivity contribution in [2.75, 3.05) is 13.1 Å². The number of likely N-dealkylation sites (tertiary alicyclic amines) is 1. The minimum Gasteiger partial charge on any atom is -0.351 e. The van der Waals surface area contributed by atoms with Crippen LogP contribution in [0.5, 0.6) is 0 Å². The Bertz CT molecular complexity index is 959. The van der Waals surface area contributed by atoms with Crippen molar-refractivity contribution >= 4 is 27.3 Å². The molecule has 2 aromatic rings. The molecule has 10 heteroatoms. The van der Waals surface area contributed by atoms with Crippen molar-refractivity contribution in [3.8, 4) is 0 Å². The lowest BCUT2D eigenvalue weighted by Crippen LogP contribution is -2.47. The molecule has 158 valence electrons. The van der Waals surface area contributed by atoms with Gasteiger partial charge in [0.05, 0.1) is 6.54 Å². The van der Waals surface area contributed by atoms with E-state index in [1.165, 1.54) is 31.2 Å². The quantitative estimate of drug-likeness (QED) is 0.690. The minimum atomic E-state index is -3.71. The largest absolute Gasteiger partial charge is 0.351 e. The lowest BCUT2D eigenvalue weighted by Gasteiger charge is -2.33. The summed E-state index contributed by atoms with van der Waals surface area (Å²) < 4.78 is 56.1. The van der Waals surface area contributed by atoms with Gasteiger partial charge in [-0.3, -0.25) is 9.69 Å². The fourth-order valence-electron chi connectivity index (χ4n) is 3.29. The first-order valence-corrected chi connectivity index (χ1v) is 11.6. The molecule has 2 N–H and O–H groups in total. The third-order valence-corrected chi connectivity index (χ3v) is 7.78. The van der Waals surface area contributed by atoms with Gasteiger partial charge in [0.1, 0.15) is 15.8 Å². The Morgan fingerprint density at radius 2 is 1.97 bits per heavy atom. The van der Waals surface area contributed by atoms with Crippen molar-refractivity contribution in [2.45, 2.75) is 43.1 Å². The summed E-state index contributed by atoms with van der Waals surface area (Å²) >= 11 is 1.10. The number of amides is 1. The lowest BCUT2D eigenvalue weighted by molar-refractivity contribution is -0.119. The highest BCUT2D eigenvalue weighted by molar-refractivity contribution is 7.91. The number of benzene rings is 1. The molecule has 0 bridgehead atoms. The minimum absolute atomic E-state index is 0.00289. The highest BCUT2D eigenvalue weighted by Crippen LogP contribution is 2.23. The number of rotatable bonds is 7. The maximum Gasteiger partial charge on any atom is 0.250 e. The smallest absolute Gasteiger partial charge is 0.250 e. The Hall–Kier alpha value is -1.88. The summed E-state index contributed by atoms with van der Waals surface area (Å²) in [5.41, 5.74) is -0.00289. The first kappa shape index (κ1) is 21.8. The van der Waals surface area contributed by atoms with Crippen molar-refractivity contribution in [3.63, 3.8) is 0 Å². The zero-order valence-electron chi connectivity index (χ0n) is 16.0. The number of hydrogen-bond donors (Lipinski definition) is 2. The molecule has 6 nitrogen and oxygen atoms in total. The van der Waals surface area contributed by atoms with Gasteiger partial charge in [-0.1, -0.05) is 6.07 Å². The maximum atomic E-state index is 13.9.